The van der Waals surface area contributed by atoms with E-state index < -0.39 is 0 Å². The lowest BCUT2D eigenvalue weighted by Gasteiger charge is -2.33. The molecule has 0 amide bonds. The Balaban J connectivity index is 1.76. The van der Waals surface area contributed by atoms with E-state index in [-0.39, 0.29) is 0 Å². The van der Waals surface area contributed by atoms with Crippen LogP contribution in [0, 0.1) is 0 Å². The van der Waals surface area contributed by atoms with Gasteiger partial charge in [-0.2, -0.15) is 0 Å². The Kier molecular flexibility index (Phi) is 6.14. The van der Waals surface area contributed by atoms with Gasteiger partial charge in [0.05, 0.1) is 0 Å². The van der Waals surface area contributed by atoms with Crippen molar-refractivity contribution in [3.8, 4) is 5.75 Å². The van der Waals surface area contributed by atoms with Crippen molar-refractivity contribution in [2.75, 3.05) is 32.8 Å². The first-order chi connectivity index (χ1) is 9.29. The molecule has 19 heavy (non-hydrogen) atoms. The lowest BCUT2D eigenvalue weighted by Crippen LogP contribution is -2.44. The van der Waals surface area contributed by atoms with Gasteiger partial charge in [-0.15, -0.1) is 0 Å². The lowest BCUT2D eigenvalue weighted by molar-refractivity contribution is 0.141. The monoisotopic (exact) mass is 326 g/mol. The minimum absolute atomic E-state index is 0.720. The van der Waals surface area contributed by atoms with Crippen LogP contribution in [-0.4, -0.2) is 43.7 Å². The van der Waals surface area contributed by atoms with Gasteiger partial charge in [-0.1, -0.05) is 28.9 Å². The molecule has 1 aromatic carbocycles. The number of hydrogen-bond acceptors (Lipinski definition) is 3. The van der Waals surface area contributed by atoms with E-state index in [1.165, 1.54) is 12.8 Å². The van der Waals surface area contributed by atoms with Crippen molar-refractivity contribution < 1.29 is 4.74 Å². The molecule has 0 atom stereocenters. The van der Waals surface area contributed by atoms with E-state index in [0.29, 0.717) is 0 Å². The molecule has 0 radical (unpaired) electrons. The Labute approximate surface area is 124 Å². The van der Waals surface area contributed by atoms with Crippen LogP contribution >= 0.6 is 15.9 Å². The summed E-state index contributed by atoms with van der Waals surface area (Å²) >= 11 is 3.46. The lowest BCUT2D eigenvalue weighted by atomic mass is 10.1. The molecule has 0 aliphatic carbocycles. The number of piperidine rings is 1. The molecule has 3 nitrogen and oxygen atoms in total. The first-order valence-corrected chi connectivity index (χ1v) is 7.92. The Hall–Kier alpha value is -0.580. The third kappa shape index (κ3) is 4.79. The van der Waals surface area contributed by atoms with Gasteiger partial charge in [0.2, 0.25) is 0 Å². The maximum Gasteiger partial charge on any atom is 0.120 e. The summed E-state index contributed by atoms with van der Waals surface area (Å²) < 4.78 is 6.89. The van der Waals surface area contributed by atoms with Crippen LogP contribution in [0.3, 0.4) is 0 Å². The smallest absolute Gasteiger partial charge is 0.120 e. The summed E-state index contributed by atoms with van der Waals surface area (Å²) in [5.41, 5.74) is 0. The van der Waals surface area contributed by atoms with E-state index in [0.717, 1.165) is 49.0 Å². The van der Waals surface area contributed by atoms with Crippen LogP contribution in [0.1, 0.15) is 19.8 Å². The highest BCUT2D eigenvalue weighted by Crippen LogP contribution is 2.18. The molecule has 0 unspecified atom stereocenters. The fourth-order valence-electron chi connectivity index (χ4n) is 2.61. The van der Waals surface area contributed by atoms with Crippen LogP contribution in [0.2, 0.25) is 0 Å². The summed E-state index contributed by atoms with van der Waals surface area (Å²) in [5.74, 6) is 0.940. The number of rotatable bonds is 6. The molecule has 1 saturated heterocycles. The third-order valence-corrected chi connectivity index (χ3v) is 4.17. The summed E-state index contributed by atoms with van der Waals surface area (Å²) in [7, 11) is 0. The third-order valence-electron chi connectivity index (χ3n) is 3.67. The maximum atomic E-state index is 5.82. The van der Waals surface area contributed by atoms with Crippen molar-refractivity contribution in [1.82, 2.24) is 10.2 Å². The maximum absolute atomic E-state index is 5.82. The molecule has 1 N–H and O–H groups in total. The molecule has 2 rings (SSSR count). The van der Waals surface area contributed by atoms with Gasteiger partial charge < -0.3 is 10.1 Å². The van der Waals surface area contributed by atoms with E-state index in [9.17, 15) is 0 Å². The topological polar surface area (TPSA) is 24.5 Å². The Morgan fingerprint density at radius 3 is 2.84 bits per heavy atom. The number of nitrogens with one attached hydrogen (secondary N) is 1. The highest BCUT2D eigenvalue weighted by Gasteiger charge is 2.19. The summed E-state index contributed by atoms with van der Waals surface area (Å²) in [6.07, 6.45) is 2.51. The SMILES string of the molecule is CCN(CCOc1cccc(Br)c1)C1CCNCC1. The van der Waals surface area contributed by atoms with E-state index in [2.05, 4.69) is 33.1 Å². The number of nitrogens with zero attached hydrogens (tertiary/aromatic N) is 1. The van der Waals surface area contributed by atoms with Gasteiger partial charge in [0.25, 0.3) is 0 Å². The van der Waals surface area contributed by atoms with Crippen LogP contribution in [-0.2, 0) is 0 Å². The van der Waals surface area contributed by atoms with Crippen LogP contribution in [0.25, 0.3) is 0 Å². The molecule has 1 aliphatic heterocycles. The zero-order chi connectivity index (χ0) is 13.5. The molecule has 0 saturated carbocycles. The van der Waals surface area contributed by atoms with Gasteiger partial charge in [0.15, 0.2) is 0 Å². The first-order valence-electron chi connectivity index (χ1n) is 7.12. The first kappa shape index (κ1) is 14.8. The molecular weight excluding hydrogens is 304 g/mol. The molecule has 1 heterocycles. The van der Waals surface area contributed by atoms with Crippen molar-refractivity contribution in [3.05, 3.63) is 28.7 Å². The Bertz CT molecular complexity index is 380. The summed E-state index contributed by atoms with van der Waals surface area (Å²) in [5, 5.41) is 3.42. The molecule has 1 aromatic rings. The zero-order valence-electron chi connectivity index (χ0n) is 11.6. The second kappa shape index (κ2) is 7.88. The number of likely N-dealkylation sites (N-methyl/N-ethyl adjacent to an activating group) is 1. The van der Waals surface area contributed by atoms with Crippen LogP contribution < -0.4 is 10.1 Å². The molecule has 1 aliphatic rings. The Morgan fingerprint density at radius 2 is 2.16 bits per heavy atom. The fraction of sp³-hybridized carbons (Fsp3) is 0.600. The zero-order valence-corrected chi connectivity index (χ0v) is 13.2. The standard InChI is InChI=1S/C15H23BrN2O/c1-2-18(14-6-8-17-9-7-14)10-11-19-15-5-3-4-13(16)12-15/h3-5,12,14,17H,2,6-11H2,1H3. The van der Waals surface area contributed by atoms with E-state index in [4.69, 9.17) is 4.74 Å². The van der Waals surface area contributed by atoms with Crippen molar-refractivity contribution in [2.45, 2.75) is 25.8 Å². The van der Waals surface area contributed by atoms with Gasteiger partial charge in [-0.3, -0.25) is 4.90 Å². The van der Waals surface area contributed by atoms with Gasteiger partial charge in [0, 0.05) is 17.1 Å². The second-order valence-corrected chi connectivity index (χ2v) is 5.83. The minimum Gasteiger partial charge on any atom is -0.492 e. The second-order valence-electron chi connectivity index (χ2n) is 4.92. The van der Waals surface area contributed by atoms with Crippen molar-refractivity contribution in [2.24, 2.45) is 0 Å². The number of ether oxygens (including phenoxy) is 1. The highest BCUT2D eigenvalue weighted by atomic mass is 79.9. The summed E-state index contributed by atoms with van der Waals surface area (Å²) in [4.78, 5) is 2.54. The van der Waals surface area contributed by atoms with E-state index >= 15 is 0 Å². The quantitative estimate of drug-likeness (QED) is 0.869. The average molecular weight is 327 g/mol. The van der Waals surface area contributed by atoms with Crippen LogP contribution in [0.15, 0.2) is 28.7 Å². The van der Waals surface area contributed by atoms with E-state index in [1.807, 2.05) is 24.3 Å². The van der Waals surface area contributed by atoms with Crippen LogP contribution in [0.5, 0.6) is 5.75 Å². The Morgan fingerprint density at radius 1 is 1.37 bits per heavy atom. The molecule has 0 spiro atoms. The predicted molar refractivity (Wildman–Crippen MR) is 82.8 cm³/mol. The van der Waals surface area contributed by atoms with Crippen molar-refractivity contribution in [3.63, 3.8) is 0 Å². The molecule has 0 bridgehead atoms. The summed E-state index contributed by atoms with van der Waals surface area (Å²) in [6, 6.07) is 8.76. The number of benzene rings is 1. The molecule has 106 valence electrons. The highest BCUT2D eigenvalue weighted by molar-refractivity contribution is 9.10. The minimum atomic E-state index is 0.720. The van der Waals surface area contributed by atoms with Gasteiger partial charge in [-0.25, -0.2) is 0 Å². The predicted octanol–water partition coefficient (Wildman–Crippen LogP) is 2.90. The van der Waals surface area contributed by atoms with Gasteiger partial charge >= 0.3 is 0 Å². The number of halogens is 1. The fourth-order valence-corrected chi connectivity index (χ4v) is 2.99. The number of hydrogen-bond donors (Lipinski definition) is 1. The molecule has 1 fully saturated rings. The van der Waals surface area contributed by atoms with Gasteiger partial charge in [-0.05, 0) is 50.7 Å². The van der Waals surface area contributed by atoms with Crippen molar-refractivity contribution >= 4 is 15.9 Å². The summed E-state index contributed by atoms with van der Waals surface area (Å²) in [6.45, 7) is 7.40. The normalized spacial score (nSPS) is 16.8. The van der Waals surface area contributed by atoms with Crippen molar-refractivity contribution in [1.29, 1.82) is 0 Å². The van der Waals surface area contributed by atoms with Gasteiger partial charge in [0.1, 0.15) is 12.4 Å². The average Bonchev–Trinajstić information content (AvgIpc) is 2.45. The molecular formula is C15H23BrN2O. The molecule has 0 aromatic heterocycles. The van der Waals surface area contributed by atoms with E-state index in [1.54, 1.807) is 0 Å². The van der Waals surface area contributed by atoms with Crippen LogP contribution in [0.4, 0.5) is 0 Å². The largest absolute Gasteiger partial charge is 0.492 e. The molecule has 4 heteroatoms.